The van der Waals surface area contributed by atoms with E-state index in [1.165, 1.54) is 5.56 Å². The van der Waals surface area contributed by atoms with Gasteiger partial charge in [0.15, 0.2) is 5.69 Å². The molecule has 0 aliphatic rings. The molecule has 16 heavy (non-hydrogen) atoms. The van der Waals surface area contributed by atoms with Crippen molar-refractivity contribution < 1.29 is 4.79 Å². The molecular formula is C12H15N3O. The molecule has 0 aliphatic carbocycles. The van der Waals surface area contributed by atoms with Crippen LogP contribution >= 0.6 is 0 Å². The van der Waals surface area contributed by atoms with E-state index in [9.17, 15) is 4.79 Å². The van der Waals surface area contributed by atoms with Crippen LogP contribution in [0.4, 0.5) is 0 Å². The maximum Gasteiger partial charge on any atom is 0.271 e. The highest BCUT2D eigenvalue weighted by molar-refractivity contribution is 5.98. The normalized spacial score (nSPS) is 10.7. The summed E-state index contributed by atoms with van der Waals surface area (Å²) in [6.45, 7) is 4.01. The number of imidazole rings is 1. The molecule has 4 heteroatoms. The molecule has 0 atom stereocenters. The number of carbonyl (C=O) groups excluding carboxylic acids is 1. The molecule has 0 saturated carbocycles. The third kappa shape index (κ3) is 1.56. The molecule has 0 saturated heterocycles. The van der Waals surface area contributed by atoms with Crippen LogP contribution in [0.5, 0.6) is 0 Å². The Kier molecular flexibility index (Phi) is 2.64. The van der Waals surface area contributed by atoms with Crippen molar-refractivity contribution in [3.63, 3.8) is 0 Å². The summed E-state index contributed by atoms with van der Waals surface area (Å²) in [5.41, 5.74) is 2.58. The van der Waals surface area contributed by atoms with Crippen LogP contribution in [0.25, 0.3) is 5.52 Å². The van der Waals surface area contributed by atoms with E-state index in [2.05, 4.69) is 17.2 Å². The molecule has 0 aliphatic heterocycles. The van der Waals surface area contributed by atoms with Gasteiger partial charge in [-0.05, 0) is 25.0 Å². The molecule has 2 rings (SSSR count). The lowest BCUT2D eigenvalue weighted by Crippen LogP contribution is -2.18. The topological polar surface area (TPSA) is 46.4 Å². The number of hydrogen-bond donors (Lipinski definition) is 1. The first-order valence-corrected chi connectivity index (χ1v) is 5.37. The van der Waals surface area contributed by atoms with Gasteiger partial charge in [0.1, 0.15) is 5.82 Å². The summed E-state index contributed by atoms with van der Waals surface area (Å²) in [6, 6.07) is 3.98. The van der Waals surface area contributed by atoms with Gasteiger partial charge < -0.3 is 9.72 Å². The zero-order valence-corrected chi connectivity index (χ0v) is 9.74. The number of aromatic nitrogens is 2. The van der Waals surface area contributed by atoms with Crippen molar-refractivity contribution in [3.8, 4) is 0 Å². The number of amides is 1. The van der Waals surface area contributed by atoms with Crippen LogP contribution in [0.3, 0.4) is 0 Å². The minimum atomic E-state index is -0.144. The van der Waals surface area contributed by atoms with Gasteiger partial charge in [-0.2, -0.15) is 0 Å². The highest BCUT2D eigenvalue weighted by Gasteiger charge is 2.14. The van der Waals surface area contributed by atoms with Crippen LogP contribution < -0.4 is 5.32 Å². The molecule has 0 unspecified atom stereocenters. The standard InChI is InChI=1S/C12H15N3O/c1-4-9-5-6-10-11(12(16)13-3)14-8(2)15(10)7-9/h5-7H,4H2,1-3H3,(H,13,16). The van der Waals surface area contributed by atoms with Crippen molar-refractivity contribution in [2.24, 2.45) is 0 Å². The van der Waals surface area contributed by atoms with Crippen LogP contribution in [-0.4, -0.2) is 22.3 Å². The summed E-state index contributed by atoms with van der Waals surface area (Å²) in [7, 11) is 1.61. The Morgan fingerprint density at radius 3 is 2.88 bits per heavy atom. The molecule has 2 heterocycles. The van der Waals surface area contributed by atoms with Crippen molar-refractivity contribution in [1.29, 1.82) is 0 Å². The van der Waals surface area contributed by atoms with Gasteiger partial charge in [-0.1, -0.05) is 13.0 Å². The van der Waals surface area contributed by atoms with Crippen molar-refractivity contribution in [2.75, 3.05) is 7.05 Å². The Morgan fingerprint density at radius 1 is 1.50 bits per heavy atom. The largest absolute Gasteiger partial charge is 0.354 e. The first kappa shape index (κ1) is 10.7. The number of rotatable bonds is 2. The molecule has 0 bridgehead atoms. The Balaban J connectivity index is 2.67. The highest BCUT2D eigenvalue weighted by atomic mass is 16.1. The van der Waals surface area contributed by atoms with Crippen molar-refractivity contribution in [3.05, 3.63) is 35.4 Å². The third-order valence-corrected chi connectivity index (χ3v) is 2.72. The maximum atomic E-state index is 11.6. The first-order valence-electron chi connectivity index (χ1n) is 5.37. The maximum absolute atomic E-state index is 11.6. The SMILES string of the molecule is CCc1ccc2c(C(=O)NC)nc(C)n2c1. The second-order valence-corrected chi connectivity index (χ2v) is 3.73. The third-order valence-electron chi connectivity index (χ3n) is 2.72. The lowest BCUT2D eigenvalue weighted by molar-refractivity contribution is 0.0960. The first-order chi connectivity index (χ1) is 7.67. The summed E-state index contributed by atoms with van der Waals surface area (Å²) in [5.74, 6) is 0.693. The van der Waals surface area contributed by atoms with E-state index in [1.807, 2.05) is 29.7 Å². The smallest absolute Gasteiger partial charge is 0.271 e. The molecule has 84 valence electrons. The Morgan fingerprint density at radius 2 is 2.25 bits per heavy atom. The van der Waals surface area contributed by atoms with E-state index in [-0.39, 0.29) is 5.91 Å². The summed E-state index contributed by atoms with van der Waals surface area (Å²) >= 11 is 0. The molecule has 0 fully saturated rings. The van der Waals surface area contributed by atoms with Crippen molar-refractivity contribution in [1.82, 2.24) is 14.7 Å². The van der Waals surface area contributed by atoms with Gasteiger partial charge in [0.2, 0.25) is 0 Å². The van der Waals surface area contributed by atoms with Gasteiger partial charge in [-0.3, -0.25) is 4.79 Å². The van der Waals surface area contributed by atoms with E-state index >= 15 is 0 Å². The summed E-state index contributed by atoms with van der Waals surface area (Å²) < 4.78 is 1.96. The summed E-state index contributed by atoms with van der Waals surface area (Å²) in [5, 5.41) is 2.60. The monoisotopic (exact) mass is 217 g/mol. The van der Waals surface area contributed by atoms with Gasteiger partial charge in [-0.15, -0.1) is 0 Å². The molecule has 2 aromatic heterocycles. The minimum Gasteiger partial charge on any atom is -0.354 e. The van der Waals surface area contributed by atoms with E-state index in [0.29, 0.717) is 5.69 Å². The summed E-state index contributed by atoms with van der Waals surface area (Å²) in [4.78, 5) is 15.9. The van der Waals surface area contributed by atoms with Crippen LogP contribution in [0.1, 0.15) is 28.8 Å². The Hall–Kier alpha value is -1.84. The van der Waals surface area contributed by atoms with Gasteiger partial charge in [0.05, 0.1) is 5.52 Å². The van der Waals surface area contributed by atoms with Crippen LogP contribution in [0.2, 0.25) is 0 Å². The fourth-order valence-electron chi connectivity index (χ4n) is 1.77. The lowest BCUT2D eigenvalue weighted by atomic mass is 10.2. The fraction of sp³-hybridized carbons (Fsp3) is 0.333. The minimum absolute atomic E-state index is 0.144. The Labute approximate surface area is 94.3 Å². The number of nitrogens with zero attached hydrogens (tertiary/aromatic N) is 2. The van der Waals surface area contributed by atoms with Gasteiger partial charge in [-0.25, -0.2) is 4.98 Å². The molecule has 1 amide bonds. The number of aryl methyl sites for hydroxylation is 2. The van der Waals surface area contributed by atoms with E-state index in [1.54, 1.807) is 7.05 Å². The van der Waals surface area contributed by atoms with E-state index < -0.39 is 0 Å². The molecule has 0 spiro atoms. The molecule has 2 aromatic rings. The number of fused-ring (bicyclic) bond motifs is 1. The lowest BCUT2D eigenvalue weighted by Gasteiger charge is -2.01. The second-order valence-electron chi connectivity index (χ2n) is 3.73. The molecule has 0 radical (unpaired) electrons. The van der Waals surface area contributed by atoms with Crippen LogP contribution in [0.15, 0.2) is 18.3 Å². The van der Waals surface area contributed by atoms with Gasteiger partial charge in [0.25, 0.3) is 5.91 Å². The van der Waals surface area contributed by atoms with E-state index in [0.717, 1.165) is 17.8 Å². The number of hydrogen-bond acceptors (Lipinski definition) is 2. The quantitative estimate of drug-likeness (QED) is 0.829. The van der Waals surface area contributed by atoms with Crippen LogP contribution in [-0.2, 0) is 6.42 Å². The Bertz CT molecular complexity index is 542. The number of carbonyl (C=O) groups is 1. The predicted molar refractivity (Wildman–Crippen MR) is 62.7 cm³/mol. The summed E-state index contributed by atoms with van der Waals surface area (Å²) in [6.07, 6.45) is 3.01. The fourth-order valence-corrected chi connectivity index (χ4v) is 1.77. The highest BCUT2D eigenvalue weighted by Crippen LogP contribution is 2.14. The van der Waals surface area contributed by atoms with E-state index in [4.69, 9.17) is 0 Å². The number of nitrogens with one attached hydrogen (secondary N) is 1. The zero-order valence-electron chi connectivity index (χ0n) is 9.74. The van der Waals surface area contributed by atoms with Crippen LogP contribution in [0, 0.1) is 6.92 Å². The van der Waals surface area contributed by atoms with Gasteiger partial charge >= 0.3 is 0 Å². The van der Waals surface area contributed by atoms with Gasteiger partial charge in [0, 0.05) is 13.2 Å². The average molecular weight is 217 g/mol. The zero-order chi connectivity index (χ0) is 11.7. The van der Waals surface area contributed by atoms with Crippen molar-refractivity contribution >= 4 is 11.4 Å². The molecule has 1 N–H and O–H groups in total. The predicted octanol–water partition coefficient (Wildman–Crippen LogP) is 1.56. The second kappa shape index (κ2) is 3.96. The average Bonchev–Trinajstić information content (AvgIpc) is 2.65. The molecular weight excluding hydrogens is 202 g/mol. The van der Waals surface area contributed by atoms with Crippen molar-refractivity contribution in [2.45, 2.75) is 20.3 Å². The number of pyridine rings is 1. The molecule has 0 aromatic carbocycles. The molecule has 4 nitrogen and oxygen atoms in total.